The van der Waals surface area contributed by atoms with Crippen LogP contribution in [0.2, 0.25) is 0 Å². The Labute approximate surface area is 204 Å². The van der Waals surface area contributed by atoms with Gasteiger partial charge in [-0.3, -0.25) is 23.8 Å². The topological polar surface area (TPSA) is 123 Å². The minimum absolute atomic E-state index is 0.0686. The number of hydrogen-bond acceptors (Lipinski definition) is 6. The smallest absolute Gasteiger partial charge is 0.330 e. The fourth-order valence-corrected chi connectivity index (χ4v) is 3.90. The number of nitrogens with zero attached hydrogens (tertiary/aromatic N) is 3. The third-order valence-electron chi connectivity index (χ3n) is 5.70. The molecule has 1 amide bonds. The standard InChI is InChI=1S/C25H34N6O4/c1-16(2)15-31-18(4)20(17(3)29-31)13-21(32)27-23-22(26-14-19-9-7-6-8-10-19)24(33)28-25(34)30(23)11-12-35-5/h6-10,16,26H,11-15H2,1-5H3,(H,27,32)(H,28,33,34). The number of carbonyl (C=O) groups excluding carboxylic acids is 1. The molecule has 0 radical (unpaired) electrons. The highest BCUT2D eigenvalue weighted by Gasteiger charge is 2.20. The van der Waals surface area contributed by atoms with Gasteiger partial charge < -0.3 is 15.4 Å². The van der Waals surface area contributed by atoms with Crippen LogP contribution in [0.5, 0.6) is 0 Å². The third-order valence-corrected chi connectivity index (χ3v) is 5.70. The van der Waals surface area contributed by atoms with E-state index in [0.717, 1.165) is 29.1 Å². The van der Waals surface area contributed by atoms with Crippen molar-refractivity contribution in [2.45, 2.75) is 53.8 Å². The number of H-pyrrole nitrogens is 1. The Bertz CT molecular complexity index is 1270. The van der Waals surface area contributed by atoms with Crippen molar-refractivity contribution >= 4 is 17.4 Å². The van der Waals surface area contributed by atoms with E-state index in [9.17, 15) is 14.4 Å². The van der Waals surface area contributed by atoms with Crippen LogP contribution in [0.4, 0.5) is 11.5 Å². The molecule has 0 atom stereocenters. The fourth-order valence-electron chi connectivity index (χ4n) is 3.90. The van der Waals surface area contributed by atoms with Gasteiger partial charge in [0.1, 0.15) is 11.5 Å². The van der Waals surface area contributed by atoms with Gasteiger partial charge in [0, 0.05) is 31.5 Å². The highest BCUT2D eigenvalue weighted by Crippen LogP contribution is 2.19. The van der Waals surface area contributed by atoms with Gasteiger partial charge in [0.2, 0.25) is 5.91 Å². The van der Waals surface area contributed by atoms with Crippen molar-refractivity contribution in [2.75, 3.05) is 24.4 Å². The number of aromatic amines is 1. The lowest BCUT2D eigenvalue weighted by molar-refractivity contribution is -0.115. The second-order valence-electron chi connectivity index (χ2n) is 8.92. The summed E-state index contributed by atoms with van der Waals surface area (Å²) in [4.78, 5) is 40.8. The summed E-state index contributed by atoms with van der Waals surface area (Å²) >= 11 is 0. The predicted octanol–water partition coefficient (Wildman–Crippen LogP) is 2.45. The molecule has 0 saturated carbocycles. The van der Waals surface area contributed by atoms with Gasteiger partial charge in [0.25, 0.3) is 5.56 Å². The first-order valence-corrected chi connectivity index (χ1v) is 11.7. The molecular formula is C25H34N6O4. The summed E-state index contributed by atoms with van der Waals surface area (Å²) in [6.07, 6.45) is 0.0686. The lowest BCUT2D eigenvalue weighted by atomic mass is 10.1. The number of ether oxygens (including phenoxy) is 1. The molecule has 0 spiro atoms. The largest absolute Gasteiger partial charge is 0.383 e. The van der Waals surface area contributed by atoms with Gasteiger partial charge in [-0.05, 0) is 25.3 Å². The maximum atomic E-state index is 13.2. The quantitative estimate of drug-likeness (QED) is 0.386. The van der Waals surface area contributed by atoms with Gasteiger partial charge in [0.05, 0.1) is 25.3 Å². The molecule has 1 aromatic carbocycles. The average Bonchev–Trinajstić information content (AvgIpc) is 3.05. The van der Waals surface area contributed by atoms with Crippen molar-refractivity contribution < 1.29 is 9.53 Å². The van der Waals surface area contributed by atoms with E-state index in [1.807, 2.05) is 48.9 Å². The Kier molecular flexibility index (Phi) is 8.64. The van der Waals surface area contributed by atoms with E-state index in [1.165, 1.54) is 11.7 Å². The van der Waals surface area contributed by atoms with E-state index in [2.05, 4.69) is 34.6 Å². The first kappa shape index (κ1) is 26.0. The molecular weight excluding hydrogens is 448 g/mol. The van der Waals surface area contributed by atoms with E-state index in [0.29, 0.717) is 12.5 Å². The molecule has 0 unspecified atom stereocenters. The molecule has 0 aliphatic heterocycles. The minimum Gasteiger partial charge on any atom is -0.383 e. The Morgan fingerprint density at radius 3 is 2.54 bits per heavy atom. The average molecular weight is 483 g/mol. The predicted molar refractivity (Wildman–Crippen MR) is 136 cm³/mol. The summed E-state index contributed by atoms with van der Waals surface area (Å²) in [7, 11) is 1.52. The molecule has 3 rings (SSSR count). The molecule has 0 bridgehead atoms. The SMILES string of the molecule is COCCn1c(NC(=O)Cc2c(C)nn(CC(C)C)c2C)c(NCc2ccccc2)c(=O)[nH]c1=O. The lowest BCUT2D eigenvalue weighted by Crippen LogP contribution is -2.36. The van der Waals surface area contributed by atoms with Crippen LogP contribution in [-0.4, -0.2) is 39.0 Å². The van der Waals surface area contributed by atoms with Gasteiger partial charge in [-0.1, -0.05) is 44.2 Å². The van der Waals surface area contributed by atoms with Gasteiger partial charge in [-0.25, -0.2) is 4.79 Å². The van der Waals surface area contributed by atoms with Gasteiger partial charge in [0.15, 0.2) is 0 Å². The minimum atomic E-state index is -0.621. The monoisotopic (exact) mass is 482 g/mol. The fraction of sp³-hybridized carbons (Fsp3) is 0.440. The molecule has 3 aromatic rings. The zero-order valence-corrected chi connectivity index (χ0v) is 21.0. The molecule has 35 heavy (non-hydrogen) atoms. The summed E-state index contributed by atoms with van der Waals surface area (Å²) in [5.74, 6) is 0.181. The maximum absolute atomic E-state index is 13.2. The van der Waals surface area contributed by atoms with Crippen LogP contribution in [0.1, 0.15) is 36.4 Å². The zero-order valence-electron chi connectivity index (χ0n) is 21.0. The van der Waals surface area contributed by atoms with Gasteiger partial charge in [-0.15, -0.1) is 0 Å². The molecule has 0 aliphatic carbocycles. The van der Waals surface area contributed by atoms with Crippen molar-refractivity contribution in [3.8, 4) is 0 Å². The zero-order chi connectivity index (χ0) is 25.5. The normalized spacial score (nSPS) is 11.1. The van der Waals surface area contributed by atoms with Crippen molar-refractivity contribution in [1.29, 1.82) is 0 Å². The van der Waals surface area contributed by atoms with Crippen molar-refractivity contribution in [3.05, 3.63) is 73.7 Å². The van der Waals surface area contributed by atoms with Gasteiger partial charge in [-0.2, -0.15) is 5.10 Å². The number of anilines is 2. The van der Waals surface area contributed by atoms with Crippen LogP contribution in [0, 0.1) is 19.8 Å². The summed E-state index contributed by atoms with van der Waals surface area (Å²) < 4.78 is 8.34. The van der Waals surface area contributed by atoms with Crippen LogP contribution in [-0.2, 0) is 35.6 Å². The maximum Gasteiger partial charge on any atom is 0.330 e. The molecule has 2 heterocycles. The van der Waals surface area contributed by atoms with Gasteiger partial charge >= 0.3 is 5.69 Å². The van der Waals surface area contributed by atoms with Crippen molar-refractivity contribution in [1.82, 2.24) is 19.3 Å². The van der Waals surface area contributed by atoms with Crippen LogP contribution < -0.4 is 21.9 Å². The van der Waals surface area contributed by atoms with E-state index >= 15 is 0 Å². The number of amides is 1. The summed E-state index contributed by atoms with van der Waals surface area (Å²) in [6.45, 7) is 9.53. The van der Waals surface area contributed by atoms with E-state index in [-0.39, 0.29) is 37.0 Å². The number of carbonyl (C=O) groups is 1. The highest BCUT2D eigenvalue weighted by atomic mass is 16.5. The summed E-state index contributed by atoms with van der Waals surface area (Å²) in [5.41, 5.74) is 2.37. The van der Waals surface area contributed by atoms with Crippen LogP contribution in [0.15, 0.2) is 39.9 Å². The molecule has 0 saturated heterocycles. The number of aromatic nitrogens is 4. The number of benzene rings is 1. The third kappa shape index (κ3) is 6.48. The molecule has 10 nitrogen and oxygen atoms in total. The number of rotatable bonds is 11. The highest BCUT2D eigenvalue weighted by molar-refractivity contribution is 5.94. The second kappa shape index (κ2) is 11.7. The number of aryl methyl sites for hydroxylation is 1. The van der Waals surface area contributed by atoms with E-state index in [1.54, 1.807) is 0 Å². The Hall–Kier alpha value is -3.66. The number of nitrogens with one attached hydrogen (secondary N) is 3. The molecule has 2 aromatic heterocycles. The molecule has 0 fully saturated rings. The Morgan fingerprint density at radius 2 is 1.89 bits per heavy atom. The first-order valence-electron chi connectivity index (χ1n) is 11.7. The van der Waals surface area contributed by atoms with E-state index in [4.69, 9.17) is 4.74 Å². The molecule has 3 N–H and O–H groups in total. The van der Waals surface area contributed by atoms with Crippen molar-refractivity contribution in [3.63, 3.8) is 0 Å². The Morgan fingerprint density at radius 1 is 1.17 bits per heavy atom. The van der Waals surface area contributed by atoms with Crippen LogP contribution in [0.3, 0.4) is 0 Å². The molecule has 0 aliphatic rings. The Balaban J connectivity index is 1.92. The second-order valence-corrected chi connectivity index (χ2v) is 8.92. The van der Waals surface area contributed by atoms with Crippen LogP contribution >= 0.6 is 0 Å². The van der Waals surface area contributed by atoms with Crippen molar-refractivity contribution in [2.24, 2.45) is 5.92 Å². The summed E-state index contributed by atoms with van der Waals surface area (Å²) in [6, 6.07) is 9.53. The number of hydrogen-bond donors (Lipinski definition) is 3. The number of methoxy groups -OCH3 is 1. The van der Waals surface area contributed by atoms with E-state index < -0.39 is 11.2 Å². The lowest BCUT2D eigenvalue weighted by Gasteiger charge is -2.18. The summed E-state index contributed by atoms with van der Waals surface area (Å²) in [5, 5.41) is 10.5. The molecule has 188 valence electrons. The van der Waals surface area contributed by atoms with Crippen LogP contribution in [0.25, 0.3) is 0 Å². The first-order chi connectivity index (χ1) is 16.7. The molecule has 10 heteroatoms.